The lowest BCUT2D eigenvalue weighted by Crippen LogP contribution is -2.30. The van der Waals surface area contributed by atoms with Crippen molar-refractivity contribution in [2.75, 3.05) is 39.6 Å². The van der Waals surface area contributed by atoms with Gasteiger partial charge in [0.2, 0.25) is 0 Å². The van der Waals surface area contributed by atoms with Gasteiger partial charge < -0.3 is 33.8 Å². The number of esters is 4. The number of aliphatic hydroxyl groups is 1. The second kappa shape index (κ2) is 75.5. The Morgan fingerprint density at radius 1 is 0.262 bits per heavy atom. The van der Waals surface area contributed by atoms with E-state index in [1.54, 1.807) is 0 Å². The van der Waals surface area contributed by atoms with Crippen LogP contribution in [0, 0.1) is 11.8 Å². The highest BCUT2D eigenvalue weighted by Crippen LogP contribution is 2.45. The average molecular weight is 1510 g/mol. The third kappa shape index (κ3) is 78.0. The molecule has 103 heavy (non-hydrogen) atoms. The lowest BCUT2D eigenvalue weighted by molar-refractivity contribution is -0.161. The van der Waals surface area contributed by atoms with Crippen LogP contribution < -0.4 is 0 Å². The molecule has 0 bridgehead atoms. The van der Waals surface area contributed by atoms with Crippen molar-refractivity contribution in [3.63, 3.8) is 0 Å². The Kier molecular flexibility index (Phi) is 74.1. The molecule has 0 rings (SSSR count). The molecule has 0 aromatic carbocycles. The van der Waals surface area contributed by atoms with Crippen LogP contribution in [0.3, 0.4) is 0 Å². The van der Waals surface area contributed by atoms with Gasteiger partial charge >= 0.3 is 39.5 Å². The van der Waals surface area contributed by atoms with E-state index in [0.29, 0.717) is 25.7 Å². The molecule has 0 amide bonds. The van der Waals surface area contributed by atoms with E-state index in [0.717, 1.165) is 102 Å². The van der Waals surface area contributed by atoms with Crippen LogP contribution in [-0.2, 0) is 65.4 Å². The highest BCUT2D eigenvalue weighted by atomic mass is 31.2. The van der Waals surface area contributed by atoms with Crippen molar-refractivity contribution in [3.05, 3.63) is 0 Å². The fraction of sp³-hybridized carbons (Fsp3) is 0.952. The monoisotopic (exact) mass is 1510 g/mol. The minimum absolute atomic E-state index is 0.108. The van der Waals surface area contributed by atoms with Gasteiger partial charge in [-0.1, -0.05) is 395 Å². The Hall–Kier alpha value is -1.94. The fourth-order valence-corrected chi connectivity index (χ4v) is 14.6. The molecule has 0 saturated carbocycles. The number of phosphoric acid groups is 2. The normalized spacial score (nSPS) is 13.9. The molecule has 0 radical (unpaired) electrons. The van der Waals surface area contributed by atoms with Crippen LogP contribution in [0.25, 0.3) is 0 Å². The van der Waals surface area contributed by atoms with Gasteiger partial charge in [-0.3, -0.25) is 37.3 Å². The lowest BCUT2D eigenvalue weighted by Gasteiger charge is -2.21. The largest absolute Gasteiger partial charge is 0.472 e. The van der Waals surface area contributed by atoms with E-state index in [1.807, 2.05) is 0 Å². The van der Waals surface area contributed by atoms with Crippen LogP contribution in [-0.4, -0.2) is 96.7 Å². The first-order valence-electron chi connectivity index (χ1n) is 43.5. The van der Waals surface area contributed by atoms with Crippen LogP contribution >= 0.6 is 15.6 Å². The minimum atomic E-state index is -4.96. The van der Waals surface area contributed by atoms with Crippen molar-refractivity contribution < 1.29 is 80.2 Å². The number of hydrogen-bond acceptors (Lipinski definition) is 15. The topological polar surface area (TPSA) is 237 Å². The third-order valence-corrected chi connectivity index (χ3v) is 21.6. The summed E-state index contributed by atoms with van der Waals surface area (Å²) in [5.41, 5.74) is 0. The summed E-state index contributed by atoms with van der Waals surface area (Å²) in [5.74, 6) is -0.494. The Labute approximate surface area is 632 Å². The quantitative estimate of drug-likeness (QED) is 0.0222. The second-order valence-corrected chi connectivity index (χ2v) is 34.1. The van der Waals surface area contributed by atoms with E-state index >= 15 is 0 Å². The molecule has 0 aromatic heterocycles. The van der Waals surface area contributed by atoms with Gasteiger partial charge in [0.25, 0.3) is 0 Å². The molecule has 0 aliphatic rings. The zero-order chi connectivity index (χ0) is 75.6. The van der Waals surface area contributed by atoms with Crippen molar-refractivity contribution in [2.24, 2.45) is 11.8 Å². The van der Waals surface area contributed by atoms with Gasteiger partial charge in [0, 0.05) is 25.7 Å². The molecular weight excluding hydrogens is 1340 g/mol. The zero-order valence-corrected chi connectivity index (χ0v) is 69.4. The molecule has 2 unspecified atom stereocenters. The molecule has 0 aromatic rings. The molecule has 19 heteroatoms. The second-order valence-electron chi connectivity index (χ2n) is 31.2. The summed E-state index contributed by atoms with van der Waals surface area (Å²) in [4.78, 5) is 73.2. The van der Waals surface area contributed by atoms with E-state index in [2.05, 4.69) is 41.5 Å². The van der Waals surface area contributed by atoms with Crippen LogP contribution in [0.15, 0.2) is 0 Å². The number of hydrogen-bond donors (Lipinski definition) is 3. The van der Waals surface area contributed by atoms with Crippen LogP contribution in [0.2, 0.25) is 0 Å². The Morgan fingerprint density at radius 3 is 0.660 bits per heavy atom. The number of rotatable bonds is 83. The summed E-state index contributed by atoms with van der Waals surface area (Å²) in [6.07, 6.45) is 66.5. The molecule has 3 N–H and O–H groups in total. The van der Waals surface area contributed by atoms with E-state index in [1.165, 1.54) is 263 Å². The molecule has 0 fully saturated rings. The summed E-state index contributed by atoms with van der Waals surface area (Å²) < 4.78 is 68.8. The number of carbonyl (C=O) groups is 4. The molecule has 17 nitrogen and oxygen atoms in total. The van der Waals surface area contributed by atoms with Gasteiger partial charge in [-0.05, 0) is 37.5 Å². The van der Waals surface area contributed by atoms with Crippen molar-refractivity contribution in [3.8, 4) is 0 Å². The van der Waals surface area contributed by atoms with Gasteiger partial charge in [0.05, 0.1) is 26.4 Å². The van der Waals surface area contributed by atoms with Crippen molar-refractivity contribution in [2.45, 2.75) is 464 Å². The molecule has 0 saturated heterocycles. The maximum atomic E-state index is 13.1. The highest BCUT2D eigenvalue weighted by molar-refractivity contribution is 7.47. The summed E-state index contributed by atoms with van der Waals surface area (Å²) in [6.45, 7) is 9.72. The molecule has 0 heterocycles. The number of carbonyl (C=O) groups excluding carboxylic acids is 4. The maximum Gasteiger partial charge on any atom is 0.472 e. The maximum absolute atomic E-state index is 13.1. The SMILES string of the molecule is CCCCCCCCCCCCCCCCCCC(=O)O[C@H](COC(=O)CCCCCCCCCCCCC)COP(=O)(O)OC[C@H](O)COP(=O)(O)OC[C@@H](COC(=O)CCCCCCCCCCCCCCCCC(C)C)OC(=O)CCCCCCCCCCCCCCCCCCC(C)C. The standard InChI is InChI=1S/C84H164O17P2/c1-7-9-11-13-15-17-19-20-21-25-32-38-44-50-56-62-68-83(88)100-79(72-94-81(86)66-60-54-48-42-34-18-16-14-12-10-8-2)74-98-102(90,91)96-70-78(85)71-97-103(92,93)99-75-80(73-95-82(87)67-61-55-49-43-37-31-28-27-30-36-41-47-53-59-65-77(5)6)101-84(89)69-63-57-51-45-39-33-26-23-22-24-29-35-40-46-52-58-64-76(3)4/h76-80,85H,7-75H2,1-6H3,(H,90,91)(H,92,93)/t78-,79+,80+/m0/s1. The summed E-state index contributed by atoms with van der Waals surface area (Å²) in [5, 5.41) is 10.7. The number of phosphoric ester groups is 2. The van der Waals surface area contributed by atoms with Crippen LogP contribution in [0.1, 0.15) is 446 Å². The van der Waals surface area contributed by atoms with E-state index < -0.39 is 97.5 Å². The summed E-state index contributed by atoms with van der Waals surface area (Å²) in [7, 11) is -9.92. The number of ether oxygens (including phenoxy) is 4. The van der Waals surface area contributed by atoms with Crippen LogP contribution in [0.5, 0.6) is 0 Å². The van der Waals surface area contributed by atoms with Crippen molar-refractivity contribution >= 4 is 39.5 Å². The van der Waals surface area contributed by atoms with E-state index in [9.17, 15) is 43.2 Å². The average Bonchev–Trinajstić information content (AvgIpc) is 0.925. The van der Waals surface area contributed by atoms with Gasteiger partial charge in [-0.15, -0.1) is 0 Å². The smallest absolute Gasteiger partial charge is 0.462 e. The first-order chi connectivity index (χ1) is 49.9. The lowest BCUT2D eigenvalue weighted by atomic mass is 10.0. The van der Waals surface area contributed by atoms with Gasteiger partial charge in [0.1, 0.15) is 19.3 Å². The number of unbranched alkanes of at least 4 members (excludes halogenated alkanes) is 53. The Bertz CT molecular complexity index is 1980. The first kappa shape index (κ1) is 101. The molecule has 0 spiro atoms. The van der Waals surface area contributed by atoms with Crippen molar-refractivity contribution in [1.29, 1.82) is 0 Å². The molecule has 0 aliphatic carbocycles. The Balaban J connectivity index is 5.25. The predicted molar refractivity (Wildman–Crippen MR) is 423 cm³/mol. The summed E-state index contributed by atoms with van der Waals surface area (Å²) in [6, 6.07) is 0. The molecule has 612 valence electrons. The van der Waals surface area contributed by atoms with Gasteiger partial charge in [-0.25, -0.2) is 9.13 Å². The minimum Gasteiger partial charge on any atom is -0.462 e. The third-order valence-electron chi connectivity index (χ3n) is 19.7. The fourth-order valence-electron chi connectivity index (χ4n) is 13.1. The van der Waals surface area contributed by atoms with E-state index in [4.69, 9.17) is 37.0 Å². The predicted octanol–water partition coefficient (Wildman–Crippen LogP) is 25.5. The van der Waals surface area contributed by atoms with E-state index in [-0.39, 0.29) is 25.7 Å². The van der Waals surface area contributed by atoms with Gasteiger partial charge in [0.15, 0.2) is 12.2 Å². The molecule has 5 atom stereocenters. The molecular formula is C84H164O17P2. The number of aliphatic hydroxyl groups excluding tert-OH is 1. The molecule has 0 aliphatic heterocycles. The van der Waals surface area contributed by atoms with Crippen LogP contribution in [0.4, 0.5) is 0 Å². The Morgan fingerprint density at radius 2 is 0.447 bits per heavy atom. The van der Waals surface area contributed by atoms with Gasteiger partial charge in [-0.2, -0.15) is 0 Å². The van der Waals surface area contributed by atoms with Crippen molar-refractivity contribution in [1.82, 2.24) is 0 Å². The highest BCUT2D eigenvalue weighted by Gasteiger charge is 2.30. The first-order valence-corrected chi connectivity index (χ1v) is 46.5. The summed E-state index contributed by atoms with van der Waals surface area (Å²) >= 11 is 0. The zero-order valence-electron chi connectivity index (χ0n) is 67.6.